The summed E-state index contributed by atoms with van der Waals surface area (Å²) >= 11 is 6.14. The minimum Gasteiger partial charge on any atom is -0.426 e. The molecule has 178 valence electrons. The Morgan fingerprint density at radius 1 is 1.03 bits per heavy atom. The van der Waals surface area contributed by atoms with Gasteiger partial charge in [0.25, 0.3) is 6.10 Å². The fourth-order valence-corrected chi connectivity index (χ4v) is 4.79. The van der Waals surface area contributed by atoms with Gasteiger partial charge in [0.2, 0.25) is 0 Å². The first-order valence-electron chi connectivity index (χ1n) is 10.3. The van der Waals surface area contributed by atoms with Crippen LogP contribution in [0, 0.1) is 11.8 Å². The fraction of sp³-hybridized carbons (Fsp3) is 0.650. The Morgan fingerprint density at radius 3 is 2.12 bits per heavy atom. The third kappa shape index (κ3) is 4.88. The van der Waals surface area contributed by atoms with E-state index in [0.717, 1.165) is 35.7 Å². The van der Waals surface area contributed by atoms with Crippen molar-refractivity contribution in [2.24, 2.45) is 11.8 Å². The summed E-state index contributed by atoms with van der Waals surface area (Å²) in [6.07, 6.45) is -16.0. The van der Waals surface area contributed by atoms with Crippen molar-refractivity contribution in [3.05, 3.63) is 28.8 Å². The van der Waals surface area contributed by atoms with Crippen LogP contribution in [-0.2, 0) is 11.3 Å². The van der Waals surface area contributed by atoms with E-state index in [1.54, 1.807) is 0 Å². The second-order valence-electron chi connectivity index (χ2n) is 8.58. The predicted octanol–water partition coefficient (Wildman–Crippen LogP) is 4.54. The third-order valence-corrected chi connectivity index (χ3v) is 6.51. The molecular weight excluding hydrogens is 464 g/mol. The standard InChI is InChI=1S/C20H22ClF6N3O2/c21-15-3-2-12(16(6-15)29-4-1-5-29)7-28-8-13-10-30(11-14(13)9-28)18(31)32-17(19(22,23)24)20(25,26)27/h2-3,6,13-14,17H,1,4-5,7-11H2. The SMILES string of the molecule is O=C(OC(C(F)(F)F)C(F)(F)F)N1CC2CN(Cc3ccc(Cl)cc3N3CCC3)CC2C1. The average molecular weight is 486 g/mol. The second-order valence-corrected chi connectivity index (χ2v) is 9.02. The molecule has 3 fully saturated rings. The Balaban J connectivity index is 1.34. The highest BCUT2D eigenvalue weighted by Gasteiger charge is 2.60. The number of carbonyl (C=O) groups excluding carboxylic acids is 1. The molecule has 1 aromatic carbocycles. The smallest absolute Gasteiger partial charge is 0.426 e. The Labute approximate surface area is 185 Å². The Kier molecular flexibility index (Phi) is 6.17. The molecule has 32 heavy (non-hydrogen) atoms. The van der Waals surface area contributed by atoms with Gasteiger partial charge >= 0.3 is 18.4 Å². The second kappa shape index (κ2) is 8.48. The van der Waals surface area contributed by atoms with Crippen molar-refractivity contribution < 1.29 is 35.9 Å². The highest BCUT2D eigenvalue weighted by atomic mass is 35.5. The zero-order valence-electron chi connectivity index (χ0n) is 16.9. The molecule has 0 aliphatic carbocycles. The lowest BCUT2D eigenvalue weighted by Gasteiger charge is -2.35. The molecule has 3 saturated heterocycles. The lowest BCUT2D eigenvalue weighted by Crippen LogP contribution is -2.48. The van der Waals surface area contributed by atoms with Crippen LogP contribution in [-0.4, -0.2) is 73.6 Å². The fourth-order valence-electron chi connectivity index (χ4n) is 4.63. The molecule has 5 nitrogen and oxygen atoms in total. The summed E-state index contributed by atoms with van der Waals surface area (Å²) in [6, 6.07) is 5.73. The molecule has 0 aromatic heterocycles. The maximum atomic E-state index is 12.7. The van der Waals surface area contributed by atoms with E-state index in [2.05, 4.69) is 14.5 Å². The van der Waals surface area contributed by atoms with Crippen molar-refractivity contribution in [1.29, 1.82) is 0 Å². The molecule has 0 spiro atoms. The van der Waals surface area contributed by atoms with Gasteiger partial charge in [0.1, 0.15) is 0 Å². The van der Waals surface area contributed by atoms with E-state index in [9.17, 15) is 31.1 Å². The quantitative estimate of drug-likeness (QED) is 0.587. The molecule has 3 heterocycles. The van der Waals surface area contributed by atoms with Gasteiger partial charge in [0, 0.05) is 56.5 Å². The van der Waals surface area contributed by atoms with Gasteiger partial charge in [-0.05, 0) is 36.0 Å². The lowest BCUT2D eigenvalue weighted by molar-refractivity contribution is -0.308. The van der Waals surface area contributed by atoms with Crippen molar-refractivity contribution in [1.82, 2.24) is 9.80 Å². The summed E-state index contributed by atoms with van der Waals surface area (Å²) in [5, 5.41) is 0.652. The van der Waals surface area contributed by atoms with Gasteiger partial charge in [-0.1, -0.05) is 17.7 Å². The van der Waals surface area contributed by atoms with Gasteiger partial charge < -0.3 is 14.5 Å². The molecule has 0 saturated carbocycles. The normalized spacial score (nSPS) is 24.1. The zero-order valence-corrected chi connectivity index (χ0v) is 17.7. The number of amides is 1. The summed E-state index contributed by atoms with van der Waals surface area (Å²) < 4.78 is 79.8. The van der Waals surface area contributed by atoms with Gasteiger partial charge in [-0.3, -0.25) is 4.90 Å². The number of fused-ring (bicyclic) bond motifs is 1. The van der Waals surface area contributed by atoms with Crippen molar-refractivity contribution in [2.45, 2.75) is 31.4 Å². The van der Waals surface area contributed by atoms with Gasteiger partial charge in [0.05, 0.1) is 0 Å². The maximum absolute atomic E-state index is 12.7. The van der Waals surface area contributed by atoms with Crippen molar-refractivity contribution >= 4 is 23.4 Å². The number of likely N-dealkylation sites (tertiary alicyclic amines) is 2. The van der Waals surface area contributed by atoms with E-state index in [0.29, 0.717) is 24.7 Å². The largest absolute Gasteiger partial charge is 0.434 e. The number of carbonyl (C=O) groups is 1. The predicted molar refractivity (Wildman–Crippen MR) is 104 cm³/mol. The van der Waals surface area contributed by atoms with E-state index in [-0.39, 0.29) is 24.9 Å². The first-order chi connectivity index (χ1) is 14.9. The van der Waals surface area contributed by atoms with Crippen LogP contribution in [0.15, 0.2) is 18.2 Å². The number of benzene rings is 1. The number of hydrogen-bond donors (Lipinski definition) is 0. The van der Waals surface area contributed by atoms with Crippen LogP contribution in [0.5, 0.6) is 0 Å². The number of anilines is 1. The maximum Gasteiger partial charge on any atom is 0.434 e. The van der Waals surface area contributed by atoms with E-state index < -0.39 is 24.5 Å². The van der Waals surface area contributed by atoms with Crippen LogP contribution < -0.4 is 4.90 Å². The number of alkyl halides is 6. The van der Waals surface area contributed by atoms with Crippen LogP contribution in [0.25, 0.3) is 0 Å². The molecule has 0 radical (unpaired) electrons. The minimum absolute atomic E-state index is 0.0301. The molecule has 3 aliphatic rings. The Bertz CT molecular complexity index is 833. The molecule has 12 heteroatoms. The van der Waals surface area contributed by atoms with Crippen LogP contribution in [0.4, 0.5) is 36.8 Å². The van der Waals surface area contributed by atoms with E-state index >= 15 is 0 Å². The number of nitrogens with zero attached hydrogens (tertiary/aromatic N) is 3. The van der Waals surface area contributed by atoms with Gasteiger partial charge in [-0.2, -0.15) is 26.3 Å². The van der Waals surface area contributed by atoms with Crippen LogP contribution >= 0.6 is 11.6 Å². The summed E-state index contributed by atoms with van der Waals surface area (Å²) in [4.78, 5) is 17.4. The highest BCUT2D eigenvalue weighted by Crippen LogP contribution is 2.38. The summed E-state index contributed by atoms with van der Waals surface area (Å²) in [5.41, 5.74) is 2.19. The van der Waals surface area contributed by atoms with Crippen molar-refractivity contribution in [3.63, 3.8) is 0 Å². The summed E-state index contributed by atoms with van der Waals surface area (Å²) in [5.74, 6) is -0.0601. The molecule has 4 rings (SSSR count). The lowest BCUT2D eigenvalue weighted by atomic mass is 10.0. The van der Waals surface area contributed by atoms with Gasteiger partial charge in [0.15, 0.2) is 0 Å². The topological polar surface area (TPSA) is 36.0 Å². The third-order valence-electron chi connectivity index (χ3n) is 6.27. The molecule has 0 N–H and O–H groups in total. The number of hydrogen-bond acceptors (Lipinski definition) is 4. The van der Waals surface area contributed by atoms with E-state index in [4.69, 9.17) is 11.6 Å². The highest BCUT2D eigenvalue weighted by molar-refractivity contribution is 6.30. The van der Waals surface area contributed by atoms with E-state index in [1.165, 1.54) is 0 Å². The molecule has 0 bridgehead atoms. The van der Waals surface area contributed by atoms with Crippen molar-refractivity contribution in [2.75, 3.05) is 44.2 Å². The number of ether oxygens (including phenoxy) is 1. The molecule has 1 amide bonds. The first kappa shape index (κ1) is 23.3. The van der Waals surface area contributed by atoms with Gasteiger partial charge in [-0.25, -0.2) is 4.79 Å². The summed E-state index contributed by atoms with van der Waals surface area (Å²) in [7, 11) is 0. The Hall–Kier alpha value is -1.88. The van der Waals surface area contributed by atoms with Gasteiger partial charge in [-0.15, -0.1) is 0 Å². The number of halogens is 7. The monoisotopic (exact) mass is 485 g/mol. The Morgan fingerprint density at radius 2 is 1.62 bits per heavy atom. The summed E-state index contributed by atoms with van der Waals surface area (Å²) in [6.45, 7) is 3.92. The molecule has 2 unspecified atom stereocenters. The van der Waals surface area contributed by atoms with Crippen LogP contribution in [0.2, 0.25) is 5.02 Å². The first-order valence-corrected chi connectivity index (χ1v) is 10.6. The minimum atomic E-state index is -5.72. The van der Waals surface area contributed by atoms with E-state index in [1.807, 2.05) is 18.2 Å². The molecule has 1 aromatic rings. The molecular formula is C20H22ClF6N3O2. The number of rotatable bonds is 4. The molecule has 2 atom stereocenters. The molecule has 3 aliphatic heterocycles. The average Bonchev–Trinajstić information content (AvgIpc) is 3.17. The van der Waals surface area contributed by atoms with Crippen molar-refractivity contribution in [3.8, 4) is 0 Å². The van der Waals surface area contributed by atoms with Crippen LogP contribution in [0.3, 0.4) is 0 Å². The zero-order chi connectivity index (χ0) is 23.3. The van der Waals surface area contributed by atoms with Crippen LogP contribution in [0.1, 0.15) is 12.0 Å².